The number of imide groups is 1. The van der Waals surface area contributed by atoms with Crippen molar-refractivity contribution in [3.8, 4) is 0 Å². The molecule has 4 aliphatic rings. The molecular formula is C16H22N2O3S. The number of carbonyl (C=O) groups excluding carboxylic acids is 3. The molecule has 3 heterocycles. The second kappa shape index (κ2) is 5.06. The van der Waals surface area contributed by atoms with Gasteiger partial charge in [-0.2, -0.15) is 0 Å². The molecule has 1 saturated carbocycles. The van der Waals surface area contributed by atoms with Crippen LogP contribution in [-0.4, -0.2) is 46.2 Å². The van der Waals surface area contributed by atoms with Gasteiger partial charge < -0.3 is 0 Å². The molecule has 0 aromatic carbocycles. The molecule has 0 aromatic rings. The number of hydrogen-bond acceptors (Lipinski definition) is 5. The van der Waals surface area contributed by atoms with E-state index in [4.69, 9.17) is 0 Å². The minimum atomic E-state index is -0.783. The molecule has 4 atom stereocenters. The molecule has 2 amide bonds. The van der Waals surface area contributed by atoms with Gasteiger partial charge in [-0.25, -0.2) is 0 Å². The first kappa shape index (κ1) is 14.7. The molecule has 120 valence electrons. The van der Waals surface area contributed by atoms with Crippen LogP contribution in [0.3, 0.4) is 0 Å². The molecule has 1 aliphatic carbocycles. The van der Waals surface area contributed by atoms with Crippen molar-refractivity contribution in [1.82, 2.24) is 10.2 Å². The zero-order chi connectivity index (χ0) is 15.5. The van der Waals surface area contributed by atoms with Gasteiger partial charge in [0.15, 0.2) is 0 Å². The Bertz CT molecular complexity index is 546. The van der Waals surface area contributed by atoms with Gasteiger partial charge in [0.25, 0.3) is 0 Å². The minimum absolute atomic E-state index is 0.00523. The summed E-state index contributed by atoms with van der Waals surface area (Å²) in [7, 11) is 1.57. The Morgan fingerprint density at radius 3 is 2.50 bits per heavy atom. The van der Waals surface area contributed by atoms with Crippen LogP contribution in [0.15, 0.2) is 0 Å². The maximum Gasteiger partial charge on any atom is 0.235 e. The van der Waals surface area contributed by atoms with Crippen LogP contribution in [0.5, 0.6) is 0 Å². The molecule has 4 rings (SSSR count). The number of fused-ring (bicyclic) bond motifs is 2. The van der Waals surface area contributed by atoms with Crippen molar-refractivity contribution in [3.63, 3.8) is 0 Å². The number of likely N-dealkylation sites (tertiary alicyclic amines) is 1. The first-order valence-electron chi connectivity index (χ1n) is 8.32. The van der Waals surface area contributed by atoms with Gasteiger partial charge >= 0.3 is 0 Å². The number of hydrogen-bond donors (Lipinski definition) is 1. The van der Waals surface area contributed by atoms with Crippen molar-refractivity contribution in [2.24, 2.45) is 17.8 Å². The Balaban J connectivity index is 1.74. The third-order valence-corrected chi connectivity index (χ3v) is 7.20. The van der Waals surface area contributed by atoms with Crippen LogP contribution >= 0.6 is 11.8 Å². The number of amides is 2. The molecule has 3 aliphatic heterocycles. The second-order valence-electron chi connectivity index (χ2n) is 7.16. The van der Waals surface area contributed by atoms with Crippen molar-refractivity contribution < 1.29 is 14.4 Å². The summed E-state index contributed by atoms with van der Waals surface area (Å²) in [5, 5.41) is 3.60. The summed E-state index contributed by atoms with van der Waals surface area (Å²) >= 11 is 1.31. The third-order valence-electron chi connectivity index (χ3n) is 6.17. The van der Waals surface area contributed by atoms with Gasteiger partial charge in [-0.15, -0.1) is 0 Å². The minimum Gasteiger partial charge on any atom is -0.300 e. The topological polar surface area (TPSA) is 66.5 Å². The van der Waals surface area contributed by atoms with Crippen molar-refractivity contribution in [3.05, 3.63) is 0 Å². The highest BCUT2D eigenvalue weighted by molar-refractivity contribution is 8.14. The van der Waals surface area contributed by atoms with E-state index in [-0.39, 0.29) is 28.9 Å². The molecule has 0 unspecified atom stereocenters. The molecule has 3 saturated heterocycles. The first-order chi connectivity index (χ1) is 10.6. The fourth-order valence-electron chi connectivity index (χ4n) is 5.05. The highest BCUT2D eigenvalue weighted by atomic mass is 32.2. The lowest BCUT2D eigenvalue weighted by atomic mass is 9.75. The summed E-state index contributed by atoms with van der Waals surface area (Å²) in [6.07, 6.45) is 6.51. The molecule has 0 aromatic heterocycles. The van der Waals surface area contributed by atoms with Crippen LogP contribution in [0.4, 0.5) is 0 Å². The van der Waals surface area contributed by atoms with Gasteiger partial charge in [0, 0.05) is 18.8 Å². The highest BCUT2D eigenvalue weighted by Crippen LogP contribution is 2.51. The molecule has 1 spiro atoms. The van der Waals surface area contributed by atoms with Crippen molar-refractivity contribution in [1.29, 1.82) is 0 Å². The van der Waals surface area contributed by atoms with Gasteiger partial charge in [0.2, 0.25) is 16.9 Å². The smallest absolute Gasteiger partial charge is 0.235 e. The normalized spacial score (nSPS) is 42.7. The molecule has 0 radical (unpaired) electrons. The predicted octanol–water partition coefficient (Wildman–Crippen LogP) is 1.17. The maximum atomic E-state index is 12.6. The van der Waals surface area contributed by atoms with E-state index in [0.717, 1.165) is 18.6 Å². The molecule has 6 heteroatoms. The molecule has 1 N–H and O–H groups in total. The SMILES string of the molecule is CN1C(=O)[C@H]2[C@@H](C1=O)[C@]1(CCSC1=O)N[C@H]2C1CCCCC1. The van der Waals surface area contributed by atoms with Crippen LogP contribution in [0, 0.1) is 17.8 Å². The predicted molar refractivity (Wildman–Crippen MR) is 83.1 cm³/mol. The molecule has 5 nitrogen and oxygen atoms in total. The van der Waals surface area contributed by atoms with Crippen molar-refractivity contribution in [2.75, 3.05) is 12.8 Å². The van der Waals surface area contributed by atoms with E-state index >= 15 is 0 Å². The number of nitrogens with one attached hydrogen (secondary N) is 1. The fourth-order valence-corrected chi connectivity index (χ4v) is 6.20. The van der Waals surface area contributed by atoms with E-state index in [0.29, 0.717) is 12.3 Å². The zero-order valence-electron chi connectivity index (χ0n) is 12.8. The fraction of sp³-hybridized carbons (Fsp3) is 0.812. The van der Waals surface area contributed by atoms with Gasteiger partial charge in [-0.05, 0) is 25.2 Å². The van der Waals surface area contributed by atoms with Gasteiger partial charge in [-0.3, -0.25) is 24.6 Å². The van der Waals surface area contributed by atoms with E-state index in [2.05, 4.69) is 5.32 Å². The van der Waals surface area contributed by atoms with E-state index in [1.807, 2.05) is 0 Å². The Hall–Kier alpha value is -0.880. The van der Waals surface area contributed by atoms with E-state index < -0.39 is 11.5 Å². The standard InChI is InChI=1S/C16H22N2O3S/c1-18-13(19)10-11(14(18)20)16(7-8-22-15(16)21)17-12(10)9-5-3-2-4-6-9/h9-12,17H,2-8H2,1H3/t10-,11-,12-,16-/m0/s1. The summed E-state index contributed by atoms with van der Waals surface area (Å²) in [5.41, 5.74) is -0.783. The Labute approximate surface area is 134 Å². The van der Waals surface area contributed by atoms with Gasteiger partial charge in [0.1, 0.15) is 5.54 Å². The van der Waals surface area contributed by atoms with Crippen LogP contribution in [0.1, 0.15) is 38.5 Å². The lowest BCUT2D eigenvalue weighted by Crippen LogP contribution is -2.54. The average Bonchev–Trinajstić information content (AvgIpc) is 3.14. The Morgan fingerprint density at radius 2 is 1.86 bits per heavy atom. The van der Waals surface area contributed by atoms with Crippen LogP contribution in [0.25, 0.3) is 0 Å². The number of rotatable bonds is 1. The number of nitrogens with zero attached hydrogens (tertiary/aromatic N) is 1. The molecule has 22 heavy (non-hydrogen) atoms. The van der Waals surface area contributed by atoms with E-state index in [1.165, 1.54) is 35.9 Å². The lowest BCUT2D eigenvalue weighted by molar-refractivity contribution is -0.140. The van der Waals surface area contributed by atoms with Crippen LogP contribution in [0.2, 0.25) is 0 Å². The number of thioether (sulfide) groups is 1. The molecule has 0 bridgehead atoms. The summed E-state index contributed by atoms with van der Waals surface area (Å²) in [5.74, 6) is 0.124. The molecule has 4 fully saturated rings. The largest absolute Gasteiger partial charge is 0.300 e. The monoisotopic (exact) mass is 322 g/mol. The van der Waals surface area contributed by atoms with Crippen molar-refractivity contribution >= 4 is 28.7 Å². The average molecular weight is 322 g/mol. The summed E-state index contributed by atoms with van der Waals surface area (Å²) in [6, 6.07) is -0.00523. The zero-order valence-corrected chi connectivity index (χ0v) is 13.7. The van der Waals surface area contributed by atoms with E-state index in [9.17, 15) is 14.4 Å². The summed E-state index contributed by atoms with van der Waals surface area (Å²) < 4.78 is 0. The van der Waals surface area contributed by atoms with Gasteiger partial charge in [0.05, 0.1) is 11.8 Å². The Kier molecular flexibility index (Phi) is 3.38. The lowest BCUT2D eigenvalue weighted by Gasteiger charge is -2.32. The molecular weight excluding hydrogens is 300 g/mol. The van der Waals surface area contributed by atoms with Crippen molar-refractivity contribution in [2.45, 2.75) is 50.1 Å². The Morgan fingerprint density at radius 1 is 1.14 bits per heavy atom. The summed E-state index contributed by atoms with van der Waals surface area (Å²) in [4.78, 5) is 39.1. The maximum absolute atomic E-state index is 12.6. The third kappa shape index (κ3) is 1.80. The van der Waals surface area contributed by atoms with Gasteiger partial charge in [-0.1, -0.05) is 31.0 Å². The first-order valence-corrected chi connectivity index (χ1v) is 9.31. The quantitative estimate of drug-likeness (QED) is 0.734. The number of carbonyl (C=O) groups is 3. The van der Waals surface area contributed by atoms with E-state index in [1.54, 1.807) is 7.05 Å². The highest BCUT2D eigenvalue weighted by Gasteiger charge is 2.68. The second-order valence-corrected chi connectivity index (χ2v) is 8.23. The van der Waals surface area contributed by atoms with Crippen LogP contribution in [-0.2, 0) is 14.4 Å². The van der Waals surface area contributed by atoms with Crippen LogP contribution < -0.4 is 5.32 Å². The summed E-state index contributed by atoms with van der Waals surface area (Å²) in [6.45, 7) is 0.